The Balaban J connectivity index is 1.58. The van der Waals surface area contributed by atoms with Crippen molar-refractivity contribution in [3.8, 4) is 0 Å². The Morgan fingerprint density at radius 1 is 1.20 bits per heavy atom. The molecule has 4 heterocycles. The number of morpholine rings is 1. The number of aliphatic hydroxyl groups excluding tert-OH is 1. The fourth-order valence-corrected chi connectivity index (χ4v) is 3.94. The lowest BCUT2D eigenvalue weighted by Crippen LogP contribution is -2.39. The van der Waals surface area contributed by atoms with Crippen molar-refractivity contribution in [2.75, 3.05) is 39.4 Å². The summed E-state index contributed by atoms with van der Waals surface area (Å²) in [6.07, 6.45) is 2.32. The zero-order valence-corrected chi connectivity index (χ0v) is 16.9. The first-order valence-electron chi connectivity index (χ1n) is 10.1. The lowest BCUT2D eigenvalue weighted by Gasteiger charge is -2.29. The maximum atomic E-state index is 13.1. The van der Waals surface area contributed by atoms with E-state index in [1.807, 2.05) is 0 Å². The molecule has 2 aliphatic rings. The van der Waals surface area contributed by atoms with Gasteiger partial charge in [-0.05, 0) is 37.6 Å². The van der Waals surface area contributed by atoms with E-state index in [-0.39, 0.29) is 11.3 Å². The third kappa shape index (κ3) is 4.01. The van der Waals surface area contributed by atoms with Crippen LogP contribution in [-0.2, 0) is 9.53 Å². The molecule has 2 aliphatic heterocycles. The quantitative estimate of drug-likeness (QED) is 0.698. The second-order valence-electron chi connectivity index (χ2n) is 7.46. The molecular formula is C22H25N3O5. The first kappa shape index (κ1) is 20.3. The van der Waals surface area contributed by atoms with Gasteiger partial charge in [-0.25, -0.2) is 0 Å². The standard InChI is InChI=1S/C22H25N3O5/c1-15-6-7-17(30-15)20(26)18-19(16-5-2-3-8-23-16)25(22(28)21(18)27)10-4-9-24-11-13-29-14-12-24/h2-3,5-8,19,27H,4,9-14H2,1H3/t19-/m1/s1. The van der Waals surface area contributed by atoms with Crippen molar-refractivity contribution in [3.05, 3.63) is 65.1 Å². The van der Waals surface area contributed by atoms with Crippen LogP contribution in [0, 0.1) is 6.92 Å². The number of furan rings is 1. The maximum absolute atomic E-state index is 13.1. The van der Waals surface area contributed by atoms with E-state index >= 15 is 0 Å². The highest BCUT2D eigenvalue weighted by Gasteiger charge is 2.44. The fraction of sp³-hybridized carbons (Fsp3) is 0.409. The van der Waals surface area contributed by atoms with Gasteiger partial charge in [-0.1, -0.05) is 6.07 Å². The zero-order valence-electron chi connectivity index (χ0n) is 16.9. The molecule has 8 nitrogen and oxygen atoms in total. The average molecular weight is 411 g/mol. The number of rotatable bonds is 7. The number of amides is 1. The van der Waals surface area contributed by atoms with E-state index in [9.17, 15) is 14.7 Å². The van der Waals surface area contributed by atoms with Crippen LogP contribution >= 0.6 is 0 Å². The number of hydrogen-bond donors (Lipinski definition) is 1. The number of aliphatic hydroxyl groups is 1. The van der Waals surface area contributed by atoms with Crippen molar-refractivity contribution in [3.63, 3.8) is 0 Å². The first-order chi connectivity index (χ1) is 14.6. The fourth-order valence-electron chi connectivity index (χ4n) is 3.94. The van der Waals surface area contributed by atoms with E-state index in [0.717, 1.165) is 19.6 Å². The Bertz CT molecular complexity index is 947. The topological polar surface area (TPSA) is 96.1 Å². The molecule has 0 radical (unpaired) electrons. The van der Waals surface area contributed by atoms with Gasteiger partial charge in [0.05, 0.1) is 24.5 Å². The van der Waals surface area contributed by atoms with Crippen LogP contribution in [0.5, 0.6) is 0 Å². The first-order valence-corrected chi connectivity index (χ1v) is 10.1. The highest BCUT2D eigenvalue weighted by atomic mass is 16.5. The number of Topliss-reactive ketones (excluding diaryl/α,β-unsaturated/α-hetero) is 1. The molecule has 0 saturated carbocycles. The minimum atomic E-state index is -0.749. The largest absolute Gasteiger partial charge is 0.503 e. The van der Waals surface area contributed by atoms with Crippen LogP contribution in [-0.4, -0.2) is 71.0 Å². The molecule has 0 aromatic carbocycles. The van der Waals surface area contributed by atoms with Gasteiger partial charge in [-0.15, -0.1) is 0 Å². The summed E-state index contributed by atoms with van der Waals surface area (Å²) >= 11 is 0. The van der Waals surface area contributed by atoms with Crippen LogP contribution in [0.15, 0.2) is 52.3 Å². The molecule has 1 N–H and O–H groups in total. The predicted molar refractivity (Wildman–Crippen MR) is 108 cm³/mol. The van der Waals surface area contributed by atoms with Gasteiger partial charge < -0.3 is 19.2 Å². The molecule has 158 valence electrons. The molecule has 8 heteroatoms. The van der Waals surface area contributed by atoms with E-state index in [1.54, 1.807) is 43.5 Å². The average Bonchev–Trinajstić information content (AvgIpc) is 3.31. The third-order valence-electron chi connectivity index (χ3n) is 5.46. The Kier molecular flexibility index (Phi) is 5.96. The Morgan fingerprint density at radius 3 is 2.67 bits per heavy atom. The lowest BCUT2D eigenvalue weighted by atomic mass is 9.98. The number of ether oxygens (including phenoxy) is 1. The van der Waals surface area contributed by atoms with Crippen LogP contribution in [0.1, 0.15) is 34.5 Å². The monoisotopic (exact) mass is 411 g/mol. The number of pyridine rings is 1. The van der Waals surface area contributed by atoms with Gasteiger partial charge in [0, 0.05) is 32.4 Å². The normalized spacial score (nSPS) is 20.2. The molecule has 2 aromatic rings. The molecule has 1 atom stereocenters. The summed E-state index contributed by atoms with van der Waals surface area (Å²) in [6, 6.07) is 7.81. The number of aryl methyl sites for hydroxylation is 1. The number of aromatic nitrogens is 1. The highest BCUT2D eigenvalue weighted by Crippen LogP contribution is 2.38. The summed E-state index contributed by atoms with van der Waals surface area (Å²) in [6.45, 7) is 6.09. The molecule has 4 rings (SSSR count). The van der Waals surface area contributed by atoms with Crippen molar-refractivity contribution in [1.29, 1.82) is 0 Å². The minimum Gasteiger partial charge on any atom is -0.503 e. The van der Waals surface area contributed by atoms with Crippen molar-refractivity contribution in [2.24, 2.45) is 0 Å². The van der Waals surface area contributed by atoms with Crippen LogP contribution in [0.3, 0.4) is 0 Å². The number of ketones is 1. The third-order valence-corrected chi connectivity index (χ3v) is 5.46. The van der Waals surface area contributed by atoms with Gasteiger partial charge in [-0.2, -0.15) is 0 Å². The zero-order chi connectivity index (χ0) is 21.1. The Hall–Kier alpha value is -2.97. The molecule has 1 saturated heterocycles. The maximum Gasteiger partial charge on any atom is 0.290 e. The van der Waals surface area contributed by atoms with Crippen LogP contribution in [0.4, 0.5) is 0 Å². The molecule has 0 bridgehead atoms. The summed E-state index contributed by atoms with van der Waals surface area (Å²) in [5.41, 5.74) is 0.548. The summed E-state index contributed by atoms with van der Waals surface area (Å²) < 4.78 is 10.8. The molecule has 0 spiro atoms. The second-order valence-corrected chi connectivity index (χ2v) is 7.46. The summed E-state index contributed by atoms with van der Waals surface area (Å²) in [7, 11) is 0. The molecule has 0 unspecified atom stereocenters. The van der Waals surface area contributed by atoms with E-state index < -0.39 is 23.5 Å². The van der Waals surface area contributed by atoms with Crippen molar-refractivity contribution in [2.45, 2.75) is 19.4 Å². The van der Waals surface area contributed by atoms with E-state index in [0.29, 0.717) is 37.6 Å². The number of carbonyl (C=O) groups excluding carboxylic acids is 2. The SMILES string of the molecule is Cc1ccc(C(=O)C2=C(O)C(=O)N(CCCN3CCOCC3)[C@@H]2c2ccccn2)o1. The van der Waals surface area contributed by atoms with Crippen molar-refractivity contribution < 1.29 is 23.8 Å². The molecule has 1 fully saturated rings. The van der Waals surface area contributed by atoms with Crippen LogP contribution in [0.2, 0.25) is 0 Å². The Labute approximate surface area is 174 Å². The van der Waals surface area contributed by atoms with E-state index in [4.69, 9.17) is 9.15 Å². The number of nitrogens with zero attached hydrogens (tertiary/aromatic N) is 3. The van der Waals surface area contributed by atoms with Crippen molar-refractivity contribution in [1.82, 2.24) is 14.8 Å². The lowest BCUT2D eigenvalue weighted by molar-refractivity contribution is -0.129. The van der Waals surface area contributed by atoms with Gasteiger partial charge in [0.25, 0.3) is 5.91 Å². The smallest absolute Gasteiger partial charge is 0.290 e. The minimum absolute atomic E-state index is 0.0134. The predicted octanol–water partition coefficient (Wildman–Crippen LogP) is 2.28. The molecule has 0 aliphatic carbocycles. The van der Waals surface area contributed by atoms with Crippen LogP contribution < -0.4 is 0 Å². The van der Waals surface area contributed by atoms with Gasteiger partial charge in [0.2, 0.25) is 5.78 Å². The highest BCUT2D eigenvalue weighted by molar-refractivity contribution is 6.14. The van der Waals surface area contributed by atoms with Crippen molar-refractivity contribution >= 4 is 11.7 Å². The molecule has 2 aromatic heterocycles. The van der Waals surface area contributed by atoms with E-state index in [1.165, 1.54) is 4.90 Å². The molecule has 1 amide bonds. The second kappa shape index (κ2) is 8.81. The summed E-state index contributed by atoms with van der Waals surface area (Å²) in [5, 5.41) is 10.6. The van der Waals surface area contributed by atoms with Gasteiger partial charge in [0.1, 0.15) is 11.8 Å². The Morgan fingerprint density at radius 2 is 2.00 bits per heavy atom. The summed E-state index contributed by atoms with van der Waals surface area (Å²) in [4.78, 5) is 34.2. The summed E-state index contributed by atoms with van der Waals surface area (Å²) in [5.74, 6) is -0.909. The molecular weight excluding hydrogens is 386 g/mol. The van der Waals surface area contributed by atoms with Gasteiger partial charge >= 0.3 is 0 Å². The number of hydrogen-bond acceptors (Lipinski definition) is 7. The van der Waals surface area contributed by atoms with Gasteiger partial charge in [0.15, 0.2) is 11.5 Å². The number of carbonyl (C=O) groups is 2. The van der Waals surface area contributed by atoms with E-state index in [2.05, 4.69) is 9.88 Å². The van der Waals surface area contributed by atoms with Crippen LogP contribution in [0.25, 0.3) is 0 Å². The molecule has 30 heavy (non-hydrogen) atoms. The van der Waals surface area contributed by atoms with Gasteiger partial charge in [-0.3, -0.25) is 19.5 Å².